The van der Waals surface area contributed by atoms with Crippen LogP contribution in [0.4, 0.5) is 0 Å². The average Bonchev–Trinajstić information content (AvgIpc) is 2.31. The largest absolute Gasteiger partial charge is 0.508 e. The summed E-state index contributed by atoms with van der Waals surface area (Å²) in [6.07, 6.45) is 0. The van der Waals surface area contributed by atoms with Crippen molar-refractivity contribution < 1.29 is 5.11 Å². The summed E-state index contributed by atoms with van der Waals surface area (Å²) in [5.41, 5.74) is 3.56. The maximum atomic E-state index is 9.61. The van der Waals surface area contributed by atoms with Gasteiger partial charge >= 0.3 is 0 Å². The van der Waals surface area contributed by atoms with Crippen molar-refractivity contribution in [2.24, 2.45) is 0 Å². The van der Waals surface area contributed by atoms with Crippen LogP contribution in [0.2, 0.25) is 0 Å². The first-order chi connectivity index (χ1) is 7.68. The van der Waals surface area contributed by atoms with Gasteiger partial charge in [0.05, 0.1) is 0 Å². The smallest absolute Gasteiger partial charge is 0.118 e. The van der Waals surface area contributed by atoms with Crippen molar-refractivity contribution in [3.05, 3.63) is 28.8 Å². The lowest BCUT2D eigenvalue weighted by molar-refractivity contribution is 0.232. The molecule has 3 heteroatoms. The highest BCUT2D eigenvalue weighted by Crippen LogP contribution is 2.23. The molecule has 2 rings (SSSR count). The Labute approximate surface area is 97.1 Å². The van der Waals surface area contributed by atoms with Crippen LogP contribution in [-0.2, 0) is 6.54 Å². The molecule has 0 atom stereocenters. The third-order valence-corrected chi connectivity index (χ3v) is 3.47. The summed E-state index contributed by atoms with van der Waals surface area (Å²) in [7, 11) is 0. The van der Waals surface area contributed by atoms with Gasteiger partial charge in [-0.3, -0.25) is 4.90 Å². The monoisotopic (exact) mass is 220 g/mol. The summed E-state index contributed by atoms with van der Waals surface area (Å²) in [5, 5.41) is 13.0. The molecule has 3 nitrogen and oxygen atoms in total. The highest BCUT2D eigenvalue weighted by Gasteiger charge is 2.12. The molecule has 1 saturated heterocycles. The van der Waals surface area contributed by atoms with Crippen LogP contribution in [0.1, 0.15) is 16.7 Å². The van der Waals surface area contributed by atoms with E-state index in [-0.39, 0.29) is 0 Å². The first-order valence-corrected chi connectivity index (χ1v) is 5.89. The minimum Gasteiger partial charge on any atom is -0.508 e. The molecule has 0 saturated carbocycles. The van der Waals surface area contributed by atoms with Gasteiger partial charge in [-0.05, 0) is 36.6 Å². The van der Waals surface area contributed by atoms with Crippen LogP contribution in [0, 0.1) is 13.8 Å². The number of benzene rings is 1. The second-order valence-corrected chi connectivity index (χ2v) is 4.52. The summed E-state index contributed by atoms with van der Waals surface area (Å²) >= 11 is 0. The highest BCUT2D eigenvalue weighted by atomic mass is 16.3. The molecule has 2 N–H and O–H groups in total. The SMILES string of the molecule is Cc1c(O)ccc(CN2CCNCC2)c1C. The van der Waals surface area contributed by atoms with Gasteiger partial charge in [0.1, 0.15) is 5.75 Å². The summed E-state index contributed by atoms with van der Waals surface area (Å²) in [6, 6.07) is 3.85. The van der Waals surface area contributed by atoms with Crippen LogP contribution in [0.25, 0.3) is 0 Å². The van der Waals surface area contributed by atoms with Crippen molar-refractivity contribution >= 4 is 0 Å². The van der Waals surface area contributed by atoms with Crippen LogP contribution < -0.4 is 5.32 Å². The number of nitrogens with one attached hydrogen (secondary N) is 1. The van der Waals surface area contributed by atoms with Gasteiger partial charge in [0.25, 0.3) is 0 Å². The fraction of sp³-hybridized carbons (Fsp3) is 0.538. The Morgan fingerprint density at radius 2 is 1.88 bits per heavy atom. The summed E-state index contributed by atoms with van der Waals surface area (Å²) in [6.45, 7) is 9.44. The quantitative estimate of drug-likeness (QED) is 0.791. The van der Waals surface area contributed by atoms with E-state index in [4.69, 9.17) is 0 Å². The van der Waals surface area contributed by atoms with Gasteiger partial charge in [-0.1, -0.05) is 6.07 Å². The van der Waals surface area contributed by atoms with Crippen LogP contribution in [0.3, 0.4) is 0 Å². The van der Waals surface area contributed by atoms with Gasteiger partial charge in [0.2, 0.25) is 0 Å². The zero-order valence-corrected chi connectivity index (χ0v) is 10.1. The molecule has 0 aromatic heterocycles. The molecule has 0 radical (unpaired) electrons. The molecule has 0 spiro atoms. The van der Waals surface area contributed by atoms with Gasteiger partial charge in [-0.15, -0.1) is 0 Å². The van der Waals surface area contributed by atoms with Crippen LogP contribution >= 0.6 is 0 Å². The number of rotatable bonds is 2. The molecule has 1 aliphatic heterocycles. The fourth-order valence-electron chi connectivity index (χ4n) is 2.14. The van der Waals surface area contributed by atoms with E-state index in [0.717, 1.165) is 38.3 Å². The Morgan fingerprint density at radius 3 is 2.56 bits per heavy atom. The van der Waals surface area contributed by atoms with E-state index in [0.29, 0.717) is 5.75 Å². The standard InChI is InChI=1S/C13H20N2O/c1-10-11(2)13(16)4-3-12(10)9-15-7-5-14-6-8-15/h3-4,14,16H,5-9H2,1-2H3. The van der Waals surface area contributed by atoms with Crippen molar-refractivity contribution in [3.63, 3.8) is 0 Å². The predicted molar refractivity (Wildman–Crippen MR) is 65.7 cm³/mol. The third-order valence-electron chi connectivity index (χ3n) is 3.47. The lowest BCUT2D eigenvalue weighted by atomic mass is 10.0. The number of phenols is 1. The molecule has 1 aromatic carbocycles. The maximum Gasteiger partial charge on any atom is 0.118 e. The van der Waals surface area contributed by atoms with Gasteiger partial charge in [-0.2, -0.15) is 0 Å². The molecule has 0 amide bonds. The second-order valence-electron chi connectivity index (χ2n) is 4.52. The van der Waals surface area contributed by atoms with Gasteiger partial charge in [0, 0.05) is 32.7 Å². The Bertz CT molecular complexity index is 370. The molecule has 1 aromatic rings. The van der Waals surface area contributed by atoms with Gasteiger partial charge in [0.15, 0.2) is 0 Å². The van der Waals surface area contributed by atoms with Gasteiger partial charge in [-0.25, -0.2) is 0 Å². The molecule has 0 unspecified atom stereocenters. The number of phenolic OH excluding ortho intramolecular Hbond substituents is 1. The predicted octanol–water partition coefficient (Wildman–Crippen LogP) is 1.41. The summed E-state index contributed by atoms with van der Waals surface area (Å²) in [5.74, 6) is 0.404. The molecule has 1 heterocycles. The maximum absolute atomic E-state index is 9.61. The second kappa shape index (κ2) is 4.85. The molecule has 88 valence electrons. The van der Waals surface area contributed by atoms with E-state index in [1.54, 1.807) is 6.07 Å². The zero-order valence-electron chi connectivity index (χ0n) is 10.1. The van der Waals surface area contributed by atoms with E-state index in [2.05, 4.69) is 17.1 Å². The van der Waals surface area contributed by atoms with Crippen LogP contribution in [0.5, 0.6) is 5.75 Å². The minimum absolute atomic E-state index is 0.404. The number of hydrogen-bond acceptors (Lipinski definition) is 3. The number of nitrogens with zero attached hydrogens (tertiary/aromatic N) is 1. The van der Waals surface area contributed by atoms with Gasteiger partial charge < -0.3 is 10.4 Å². The number of piperazine rings is 1. The third kappa shape index (κ3) is 2.36. The number of hydrogen-bond donors (Lipinski definition) is 2. The van der Waals surface area contributed by atoms with Crippen molar-refractivity contribution in [3.8, 4) is 5.75 Å². The minimum atomic E-state index is 0.404. The Hall–Kier alpha value is -1.06. The topological polar surface area (TPSA) is 35.5 Å². The molecule has 0 aliphatic carbocycles. The van der Waals surface area contributed by atoms with E-state index in [1.165, 1.54) is 11.1 Å². The summed E-state index contributed by atoms with van der Waals surface area (Å²) in [4.78, 5) is 2.45. The average molecular weight is 220 g/mol. The van der Waals surface area contributed by atoms with E-state index in [9.17, 15) is 5.11 Å². The number of aromatic hydroxyl groups is 1. The van der Waals surface area contributed by atoms with E-state index < -0.39 is 0 Å². The lowest BCUT2D eigenvalue weighted by Crippen LogP contribution is -2.43. The van der Waals surface area contributed by atoms with Crippen molar-refractivity contribution in [2.75, 3.05) is 26.2 Å². The molecule has 1 aliphatic rings. The van der Waals surface area contributed by atoms with Crippen LogP contribution in [-0.4, -0.2) is 36.2 Å². The summed E-state index contributed by atoms with van der Waals surface area (Å²) < 4.78 is 0. The first-order valence-electron chi connectivity index (χ1n) is 5.89. The molecule has 0 bridgehead atoms. The normalized spacial score (nSPS) is 17.6. The zero-order chi connectivity index (χ0) is 11.5. The van der Waals surface area contributed by atoms with Crippen molar-refractivity contribution in [2.45, 2.75) is 20.4 Å². The van der Waals surface area contributed by atoms with Crippen LogP contribution in [0.15, 0.2) is 12.1 Å². The van der Waals surface area contributed by atoms with Crippen molar-refractivity contribution in [1.82, 2.24) is 10.2 Å². The lowest BCUT2D eigenvalue weighted by Gasteiger charge is -2.28. The Morgan fingerprint density at radius 1 is 1.19 bits per heavy atom. The molecular weight excluding hydrogens is 200 g/mol. The molecule has 16 heavy (non-hydrogen) atoms. The fourth-order valence-corrected chi connectivity index (χ4v) is 2.14. The highest BCUT2D eigenvalue weighted by molar-refractivity contribution is 5.42. The molecular formula is C13H20N2O. The first kappa shape index (κ1) is 11.4. The Kier molecular flexibility index (Phi) is 3.46. The molecule has 1 fully saturated rings. The van der Waals surface area contributed by atoms with Crippen molar-refractivity contribution in [1.29, 1.82) is 0 Å². The van der Waals surface area contributed by atoms with E-state index >= 15 is 0 Å². The van der Waals surface area contributed by atoms with E-state index in [1.807, 2.05) is 13.0 Å². The Balaban J connectivity index is 2.11.